The fraction of sp³-hybridized carbons (Fsp3) is 1.00. The van der Waals surface area contributed by atoms with Crippen molar-refractivity contribution in [3.8, 4) is 0 Å². The van der Waals surface area contributed by atoms with E-state index in [-0.39, 0.29) is 23.3 Å². The number of rotatable bonds is 1. The lowest BCUT2D eigenvalue weighted by atomic mass is 10.0. The van der Waals surface area contributed by atoms with Crippen LogP contribution < -0.4 is 0 Å². The highest BCUT2D eigenvalue weighted by Crippen LogP contribution is 2.38. The second-order valence-electron chi connectivity index (χ2n) is 7.31. The normalized spacial score (nSPS) is 35.3. The van der Waals surface area contributed by atoms with E-state index in [1.165, 1.54) is 6.42 Å². The Balaban J connectivity index is 2.02. The predicted octanol–water partition coefficient (Wildman–Crippen LogP) is 2.79. The molecule has 100 valence electrons. The quantitative estimate of drug-likeness (QED) is 0.704. The number of ether oxygens (including phenoxy) is 2. The van der Waals surface area contributed by atoms with Gasteiger partial charge < -0.3 is 9.47 Å². The van der Waals surface area contributed by atoms with Gasteiger partial charge >= 0.3 is 0 Å². The van der Waals surface area contributed by atoms with Gasteiger partial charge in [-0.2, -0.15) is 0 Å². The van der Waals surface area contributed by atoms with Crippen LogP contribution in [0.15, 0.2) is 0 Å². The monoisotopic (exact) mass is 241 g/mol. The maximum absolute atomic E-state index is 6.12. The second-order valence-corrected chi connectivity index (χ2v) is 7.31. The Morgan fingerprint density at radius 1 is 1.06 bits per heavy atom. The summed E-state index contributed by atoms with van der Waals surface area (Å²) in [4.78, 5) is 2.48. The van der Waals surface area contributed by atoms with E-state index in [1.54, 1.807) is 0 Å². The summed E-state index contributed by atoms with van der Waals surface area (Å²) >= 11 is 0. The van der Waals surface area contributed by atoms with Crippen molar-refractivity contribution < 1.29 is 9.47 Å². The second kappa shape index (κ2) is 4.22. The van der Waals surface area contributed by atoms with E-state index in [4.69, 9.17) is 9.47 Å². The fourth-order valence-corrected chi connectivity index (χ4v) is 3.00. The molecule has 1 saturated heterocycles. The molecule has 0 spiro atoms. The minimum Gasteiger partial charge on any atom is -0.370 e. The first-order valence-electron chi connectivity index (χ1n) is 6.75. The van der Waals surface area contributed by atoms with E-state index in [0.717, 1.165) is 13.2 Å². The van der Waals surface area contributed by atoms with E-state index < -0.39 is 0 Å². The molecule has 0 aromatic carbocycles. The van der Waals surface area contributed by atoms with Crippen LogP contribution in [-0.4, -0.2) is 41.0 Å². The van der Waals surface area contributed by atoms with E-state index in [9.17, 15) is 0 Å². The molecule has 3 heteroatoms. The summed E-state index contributed by atoms with van der Waals surface area (Å²) in [6.45, 7) is 13.9. The summed E-state index contributed by atoms with van der Waals surface area (Å²) in [6.07, 6.45) is 2.86. The lowest BCUT2D eigenvalue weighted by Crippen LogP contribution is -2.46. The minimum atomic E-state index is -0.0714. The Labute approximate surface area is 105 Å². The Hall–Kier alpha value is -0.120. The number of nitrogens with zero attached hydrogens (tertiary/aromatic N) is 1. The maximum Gasteiger partial charge on any atom is 0.101 e. The van der Waals surface area contributed by atoms with Gasteiger partial charge in [-0.25, -0.2) is 0 Å². The van der Waals surface area contributed by atoms with Crippen molar-refractivity contribution in [2.75, 3.05) is 6.73 Å². The van der Waals surface area contributed by atoms with E-state index in [1.807, 2.05) is 0 Å². The highest BCUT2D eigenvalue weighted by Gasteiger charge is 2.49. The lowest BCUT2D eigenvalue weighted by molar-refractivity contribution is -0.106. The van der Waals surface area contributed by atoms with Crippen LogP contribution in [0.3, 0.4) is 0 Å². The van der Waals surface area contributed by atoms with Gasteiger partial charge in [0.1, 0.15) is 12.8 Å². The zero-order chi connectivity index (χ0) is 12.8. The minimum absolute atomic E-state index is 0.0714. The molecule has 2 fully saturated rings. The van der Waals surface area contributed by atoms with Gasteiger partial charge in [0.15, 0.2) is 0 Å². The third-order valence-electron chi connectivity index (χ3n) is 3.67. The van der Waals surface area contributed by atoms with Crippen molar-refractivity contribution in [2.24, 2.45) is 0 Å². The van der Waals surface area contributed by atoms with Gasteiger partial charge in [0.05, 0.1) is 11.7 Å². The maximum atomic E-state index is 6.12. The van der Waals surface area contributed by atoms with Crippen molar-refractivity contribution in [2.45, 2.75) is 83.8 Å². The van der Waals surface area contributed by atoms with Crippen LogP contribution >= 0.6 is 0 Å². The average Bonchev–Trinajstić information content (AvgIpc) is 2.63. The molecule has 3 nitrogen and oxygen atoms in total. The molecule has 17 heavy (non-hydrogen) atoms. The first-order valence-corrected chi connectivity index (χ1v) is 6.75. The first kappa shape index (κ1) is 13.3. The predicted molar refractivity (Wildman–Crippen MR) is 69.0 cm³/mol. The summed E-state index contributed by atoms with van der Waals surface area (Å²) in [5.41, 5.74) is 0.119. The number of fused-ring (bicyclic) bond motifs is 1. The smallest absolute Gasteiger partial charge is 0.101 e. The van der Waals surface area contributed by atoms with E-state index >= 15 is 0 Å². The van der Waals surface area contributed by atoms with Crippen molar-refractivity contribution >= 4 is 0 Å². The van der Waals surface area contributed by atoms with Crippen LogP contribution in [-0.2, 0) is 9.47 Å². The van der Waals surface area contributed by atoms with E-state index in [0.29, 0.717) is 6.04 Å². The van der Waals surface area contributed by atoms with Gasteiger partial charge in [-0.05, 0) is 54.4 Å². The number of hydrogen-bond donors (Lipinski definition) is 0. The molecule has 0 amide bonds. The summed E-state index contributed by atoms with van der Waals surface area (Å²) < 4.78 is 12.1. The van der Waals surface area contributed by atoms with Crippen LogP contribution in [0.4, 0.5) is 0 Å². The highest BCUT2D eigenvalue weighted by atomic mass is 16.6. The first-order chi connectivity index (χ1) is 7.68. The Morgan fingerprint density at radius 3 is 2.24 bits per heavy atom. The Kier molecular flexibility index (Phi) is 3.30. The summed E-state index contributed by atoms with van der Waals surface area (Å²) in [5, 5.41) is 0. The van der Waals surface area contributed by atoms with Crippen molar-refractivity contribution in [3.05, 3.63) is 0 Å². The highest BCUT2D eigenvalue weighted by molar-refractivity contribution is 5.00. The molecule has 3 unspecified atom stereocenters. The zero-order valence-electron chi connectivity index (χ0n) is 12.1. The molecule has 0 aromatic rings. The fourth-order valence-electron chi connectivity index (χ4n) is 3.00. The SMILES string of the molecule is CC(C)(C)OC1CCC2C1OCN2C(C)(C)C. The molecule has 0 N–H and O–H groups in total. The van der Waals surface area contributed by atoms with Crippen LogP contribution in [0, 0.1) is 0 Å². The van der Waals surface area contributed by atoms with E-state index in [2.05, 4.69) is 46.4 Å². The van der Waals surface area contributed by atoms with Crippen LogP contribution in [0.5, 0.6) is 0 Å². The van der Waals surface area contributed by atoms with Gasteiger partial charge in [0, 0.05) is 11.6 Å². The molecule has 1 saturated carbocycles. The molecule has 1 heterocycles. The molecular formula is C14H27NO2. The Morgan fingerprint density at radius 2 is 1.71 bits per heavy atom. The summed E-state index contributed by atoms with van der Waals surface area (Å²) in [5.74, 6) is 0. The van der Waals surface area contributed by atoms with Crippen LogP contribution in [0.1, 0.15) is 54.4 Å². The third-order valence-corrected chi connectivity index (χ3v) is 3.67. The van der Waals surface area contributed by atoms with Crippen molar-refractivity contribution in [1.82, 2.24) is 4.90 Å². The van der Waals surface area contributed by atoms with Gasteiger partial charge in [-0.1, -0.05) is 0 Å². The zero-order valence-corrected chi connectivity index (χ0v) is 12.1. The topological polar surface area (TPSA) is 21.7 Å². The number of hydrogen-bond acceptors (Lipinski definition) is 3. The molecule has 1 aliphatic heterocycles. The molecule has 1 aliphatic carbocycles. The molecule has 0 bridgehead atoms. The van der Waals surface area contributed by atoms with Crippen molar-refractivity contribution in [1.29, 1.82) is 0 Å². The Bertz CT molecular complexity index is 277. The van der Waals surface area contributed by atoms with Gasteiger partial charge in [-0.15, -0.1) is 0 Å². The van der Waals surface area contributed by atoms with Crippen LogP contribution in [0.25, 0.3) is 0 Å². The van der Waals surface area contributed by atoms with Gasteiger partial charge in [-0.3, -0.25) is 4.90 Å². The van der Waals surface area contributed by atoms with Gasteiger partial charge in [0.2, 0.25) is 0 Å². The standard InChI is InChI=1S/C14H27NO2/c1-13(2,3)15-9-16-12-10(15)7-8-11(12)17-14(4,5)6/h10-12H,7-9H2,1-6H3. The molecule has 0 radical (unpaired) electrons. The third kappa shape index (κ3) is 2.83. The largest absolute Gasteiger partial charge is 0.370 e. The average molecular weight is 241 g/mol. The molecule has 2 aliphatic rings. The molecule has 2 rings (SSSR count). The summed E-state index contributed by atoms with van der Waals surface area (Å²) in [7, 11) is 0. The van der Waals surface area contributed by atoms with Gasteiger partial charge in [0.25, 0.3) is 0 Å². The van der Waals surface area contributed by atoms with Crippen molar-refractivity contribution in [3.63, 3.8) is 0 Å². The molecule has 3 atom stereocenters. The lowest BCUT2D eigenvalue weighted by Gasteiger charge is -2.34. The van der Waals surface area contributed by atoms with Crippen LogP contribution in [0.2, 0.25) is 0 Å². The molecular weight excluding hydrogens is 214 g/mol. The molecule has 0 aromatic heterocycles. The summed E-state index contributed by atoms with van der Waals surface area (Å²) in [6, 6.07) is 0.544.